The molecule has 6 nitrogen and oxygen atoms in total. The molecule has 2 aliphatic rings. The van der Waals surface area contributed by atoms with E-state index in [0.717, 1.165) is 58.8 Å². The number of fused-ring (bicyclic) bond motifs is 1. The zero-order chi connectivity index (χ0) is 29.7. The van der Waals surface area contributed by atoms with Crippen molar-refractivity contribution < 1.29 is 9.47 Å². The Labute approximate surface area is 260 Å². The van der Waals surface area contributed by atoms with Gasteiger partial charge in [0, 0.05) is 37.6 Å². The maximum absolute atomic E-state index is 6.35. The van der Waals surface area contributed by atoms with Crippen molar-refractivity contribution in [2.45, 2.75) is 57.8 Å². The predicted molar refractivity (Wildman–Crippen MR) is 177 cm³/mol. The van der Waals surface area contributed by atoms with Crippen LogP contribution in [0, 0.1) is 0 Å². The van der Waals surface area contributed by atoms with E-state index in [1.54, 1.807) is 0 Å². The first kappa shape index (κ1) is 28.4. The quantitative estimate of drug-likeness (QED) is 0.175. The van der Waals surface area contributed by atoms with Crippen molar-refractivity contribution >= 4 is 16.5 Å². The molecule has 0 N–H and O–H groups in total. The van der Waals surface area contributed by atoms with Gasteiger partial charge in [0.15, 0.2) is 0 Å². The Balaban J connectivity index is 1.16. The Bertz CT molecular complexity index is 1740. The molecule has 6 heteroatoms. The van der Waals surface area contributed by atoms with Gasteiger partial charge in [0.25, 0.3) is 0 Å². The molecule has 7 rings (SSSR count). The molecule has 1 saturated carbocycles. The highest BCUT2D eigenvalue weighted by Crippen LogP contribution is 2.37. The molecule has 0 unspecified atom stereocenters. The molecule has 1 aliphatic heterocycles. The first-order chi connectivity index (χ1) is 21.7. The Morgan fingerprint density at radius 1 is 0.795 bits per heavy atom. The molecule has 1 aliphatic carbocycles. The highest BCUT2D eigenvalue weighted by atomic mass is 16.5. The summed E-state index contributed by atoms with van der Waals surface area (Å²) in [7, 11) is 2.02. The highest BCUT2D eigenvalue weighted by Gasteiger charge is 2.24. The van der Waals surface area contributed by atoms with Gasteiger partial charge in [-0.1, -0.05) is 92.1 Å². The maximum Gasteiger partial charge on any atom is 0.226 e. The van der Waals surface area contributed by atoms with Crippen LogP contribution in [0.3, 0.4) is 0 Å². The van der Waals surface area contributed by atoms with E-state index in [-0.39, 0.29) is 0 Å². The standard InChI is InChI=1S/C38H40N4O2/c1-41-35-25-31(30-21-23-42(24-22-30)32-15-9-4-10-16-32)17-18-33(35)37(40-41)34-19-20-36(43-26-28-11-5-2-6-12-28)39-38(34)44-27-29-13-7-3-8-14-29/h2-3,5-8,11-14,17-21,25,32H,4,9-10,15-16,22-24,26-27H2,1H3. The molecule has 3 aromatic carbocycles. The van der Waals surface area contributed by atoms with Crippen LogP contribution >= 0.6 is 0 Å². The molecular weight excluding hydrogens is 544 g/mol. The van der Waals surface area contributed by atoms with Crippen LogP contribution in [0.1, 0.15) is 55.2 Å². The van der Waals surface area contributed by atoms with Gasteiger partial charge in [-0.15, -0.1) is 0 Å². The average molecular weight is 585 g/mol. The zero-order valence-electron chi connectivity index (χ0n) is 25.5. The third-order valence-corrected chi connectivity index (χ3v) is 9.09. The Morgan fingerprint density at radius 3 is 2.23 bits per heavy atom. The van der Waals surface area contributed by atoms with E-state index in [4.69, 9.17) is 19.6 Å². The SMILES string of the molecule is Cn1nc(-c2ccc(OCc3ccccc3)nc2OCc2ccccc2)c2ccc(C3=CCN(C4CCCCC4)CC3)cc21. The number of pyridine rings is 1. The first-order valence-corrected chi connectivity index (χ1v) is 16.0. The fourth-order valence-electron chi connectivity index (χ4n) is 6.63. The molecule has 3 heterocycles. The lowest BCUT2D eigenvalue weighted by atomic mass is 9.91. The molecule has 224 valence electrons. The van der Waals surface area contributed by atoms with Crippen LogP contribution in [0.5, 0.6) is 11.8 Å². The normalized spacial score (nSPS) is 16.2. The van der Waals surface area contributed by atoms with Crippen molar-refractivity contribution in [1.29, 1.82) is 0 Å². The number of ether oxygens (including phenoxy) is 2. The van der Waals surface area contributed by atoms with Crippen LogP contribution in [0.2, 0.25) is 0 Å². The second-order valence-corrected chi connectivity index (χ2v) is 12.0. The Hall–Kier alpha value is -4.42. The largest absolute Gasteiger partial charge is 0.473 e. The molecule has 0 radical (unpaired) electrons. The summed E-state index contributed by atoms with van der Waals surface area (Å²) in [5, 5.41) is 6.07. The molecule has 0 spiro atoms. The van der Waals surface area contributed by atoms with Crippen LogP contribution in [-0.4, -0.2) is 38.8 Å². The van der Waals surface area contributed by atoms with Gasteiger partial charge in [0.1, 0.15) is 18.9 Å². The third-order valence-electron chi connectivity index (χ3n) is 9.09. The summed E-state index contributed by atoms with van der Waals surface area (Å²) in [6.45, 7) is 3.05. The topological polar surface area (TPSA) is 52.4 Å². The summed E-state index contributed by atoms with van der Waals surface area (Å²) in [6, 6.07) is 31.7. The van der Waals surface area contributed by atoms with Gasteiger partial charge in [0.2, 0.25) is 11.8 Å². The van der Waals surface area contributed by atoms with Gasteiger partial charge in [-0.25, -0.2) is 0 Å². The average Bonchev–Trinajstić information content (AvgIpc) is 3.43. The van der Waals surface area contributed by atoms with Gasteiger partial charge >= 0.3 is 0 Å². The molecule has 44 heavy (non-hydrogen) atoms. The van der Waals surface area contributed by atoms with Gasteiger partial charge in [-0.3, -0.25) is 9.58 Å². The molecule has 0 amide bonds. The summed E-state index contributed by atoms with van der Waals surface area (Å²) in [5.41, 5.74) is 7.72. The minimum absolute atomic E-state index is 0.407. The number of aromatic nitrogens is 3. The van der Waals surface area contributed by atoms with Crippen molar-refractivity contribution in [3.8, 4) is 23.0 Å². The van der Waals surface area contributed by atoms with Crippen molar-refractivity contribution in [1.82, 2.24) is 19.7 Å². The second-order valence-electron chi connectivity index (χ2n) is 12.0. The monoisotopic (exact) mass is 584 g/mol. The van der Waals surface area contributed by atoms with Crippen LogP contribution in [0.25, 0.3) is 27.7 Å². The summed E-state index contributed by atoms with van der Waals surface area (Å²) >= 11 is 0. The van der Waals surface area contributed by atoms with Gasteiger partial charge in [0.05, 0.1) is 11.1 Å². The van der Waals surface area contributed by atoms with Crippen molar-refractivity contribution in [3.05, 3.63) is 114 Å². The van der Waals surface area contributed by atoms with Crippen molar-refractivity contribution in [3.63, 3.8) is 0 Å². The fraction of sp³-hybridized carbons (Fsp3) is 0.316. The van der Waals surface area contributed by atoms with Crippen molar-refractivity contribution in [2.24, 2.45) is 7.05 Å². The number of hydrogen-bond donors (Lipinski definition) is 0. The van der Waals surface area contributed by atoms with E-state index in [2.05, 4.69) is 41.3 Å². The molecular formula is C38H40N4O2. The summed E-state index contributed by atoms with van der Waals surface area (Å²) in [4.78, 5) is 7.52. The smallest absolute Gasteiger partial charge is 0.226 e. The predicted octanol–water partition coefficient (Wildman–Crippen LogP) is 8.22. The fourth-order valence-corrected chi connectivity index (χ4v) is 6.63. The minimum Gasteiger partial charge on any atom is -0.473 e. The van der Waals surface area contributed by atoms with E-state index in [0.29, 0.717) is 25.0 Å². The number of benzene rings is 3. The lowest BCUT2D eigenvalue weighted by Crippen LogP contribution is -2.39. The third kappa shape index (κ3) is 6.27. The first-order valence-electron chi connectivity index (χ1n) is 16.0. The van der Waals surface area contributed by atoms with E-state index in [1.807, 2.05) is 72.4 Å². The lowest BCUT2D eigenvalue weighted by molar-refractivity contribution is 0.171. The van der Waals surface area contributed by atoms with E-state index in [9.17, 15) is 0 Å². The Kier molecular flexibility index (Phi) is 8.42. The number of hydrogen-bond acceptors (Lipinski definition) is 5. The minimum atomic E-state index is 0.407. The van der Waals surface area contributed by atoms with Gasteiger partial charge in [-0.05, 0) is 59.7 Å². The summed E-state index contributed by atoms with van der Waals surface area (Å²) in [5.74, 6) is 1.04. The number of nitrogens with zero attached hydrogens (tertiary/aromatic N) is 4. The highest BCUT2D eigenvalue weighted by molar-refractivity contribution is 5.96. The maximum atomic E-state index is 6.35. The summed E-state index contributed by atoms with van der Waals surface area (Å²) < 4.78 is 14.4. The van der Waals surface area contributed by atoms with E-state index in [1.165, 1.54) is 43.2 Å². The van der Waals surface area contributed by atoms with Gasteiger partial charge < -0.3 is 9.47 Å². The Morgan fingerprint density at radius 2 is 1.52 bits per heavy atom. The van der Waals surface area contributed by atoms with Crippen LogP contribution in [0.15, 0.2) is 97.1 Å². The lowest BCUT2D eigenvalue weighted by Gasteiger charge is -2.36. The van der Waals surface area contributed by atoms with Gasteiger partial charge in [-0.2, -0.15) is 10.1 Å². The summed E-state index contributed by atoms with van der Waals surface area (Å²) in [6.07, 6.45) is 10.4. The molecule has 0 atom stereocenters. The number of rotatable bonds is 9. The van der Waals surface area contributed by atoms with Crippen LogP contribution < -0.4 is 9.47 Å². The molecule has 0 bridgehead atoms. The van der Waals surface area contributed by atoms with E-state index < -0.39 is 0 Å². The van der Waals surface area contributed by atoms with E-state index >= 15 is 0 Å². The zero-order valence-corrected chi connectivity index (χ0v) is 25.5. The second kappa shape index (κ2) is 13.1. The number of aryl methyl sites for hydroxylation is 1. The van der Waals surface area contributed by atoms with Crippen molar-refractivity contribution in [2.75, 3.05) is 13.1 Å². The van der Waals surface area contributed by atoms with Crippen LogP contribution in [0.4, 0.5) is 0 Å². The molecule has 5 aromatic rings. The molecule has 1 fully saturated rings. The molecule has 0 saturated heterocycles. The molecule has 2 aromatic heterocycles. The van der Waals surface area contributed by atoms with Crippen LogP contribution in [-0.2, 0) is 20.3 Å².